The number of pyridine rings is 1. The largest absolute Gasteiger partial charge is 0.496 e. The normalized spacial score (nSPS) is 10.5. The average Bonchev–Trinajstić information content (AvgIpc) is 2.98. The molecule has 0 fully saturated rings. The summed E-state index contributed by atoms with van der Waals surface area (Å²) in [5.41, 5.74) is 2.68. The Morgan fingerprint density at radius 1 is 1.05 bits per heavy atom. The van der Waals surface area contributed by atoms with E-state index >= 15 is 0 Å². The molecule has 1 aromatic carbocycles. The molecule has 100 valence electrons. The highest BCUT2D eigenvalue weighted by Gasteiger charge is 2.11. The van der Waals surface area contributed by atoms with Crippen molar-refractivity contribution in [1.82, 2.24) is 15.2 Å². The first-order valence-electron chi connectivity index (χ1n) is 6.17. The molecule has 0 radical (unpaired) electrons. The molecule has 5 heteroatoms. The van der Waals surface area contributed by atoms with Gasteiger partial charge in [0.25, 0.3) is 0 Å². The second-order valence-corrected chi connectivity index (χ2v) is 4.34. The highest BCUT2D eigenvalue weighted by Crippen LogP contribution is 2.27. The first-order chi connectivity index (χ1) is 9.78. The van der Waals surface area contributed by atoms with Gasteiger partial charge in [0, 0.05) is 18.0 Å². The van der Waals surface area contributed by atoms with E-state index in [0.717, 1.165) is 22.4 Å². The van der Waals surface area contributed by atoms with Crippen LogP contribution in [0.5, 0.6) is 5.75 Å². The Morgan fingerprint density at radius 2 is 1.85 bits per heavy atom. The third kappa shape index (κ3) is 2.25. The van der Waals surface area contributed by atoms with Crippen molar-refractivity contribution in [2.75, 3.05) is 7.11 Å². The summed E-state index contributed by atoms with van der Waals surface area (Å²) in [5, 5.41) is 8.11. The molecular formula is C15H13N3O2. The predicted molar refractivity (Wildman–Crippen MR) is 74.3 cm³/mol. The Hall–Kier alpha value is -2.69. The van der Waals surface area contributed by atoms with E-state index in [9.17, 15) is 0 Å². The standard InChI is InChI=1S/C15H13N3O2/c1-10-5-6-11(8-13(10)19-2)14-17-18-15(20-14)12-4-3-7-16-9-12/h3-9H,1-2H3. The molecule has 0 atom stereocenters. The molecule has 0 N–H and O–H groups in total. The maximum absolute atomic E-state index is 5.68. The summed E-state index contributed by atoms with van der Waals surface area (Å²) in [6, 6.07) is 9.48. The van der Waals surface area contributed by atoms with Gasteiger partial charge in [-0.1, -0.05) is 6.07 Å². The van der Waals surface area contributed by atoms with Gasteiger partial charge >= 0.3 is 0 Å². The summed E-state index contributed by atoms with van der Waals surface area (Å²) >= 11 is 0. The van der Waals surface area contributed by atoms with E-state index < -0.39 is 0 Å². The lowest BCUT2D eigenvalue weighted by molar-refractivity contribution is 0.411. The van der Waals surface area contributed by atoms with Crippen LogP contribution in [-0.4, -0.2) is 22.3 Å². The second-order valence-electron chi connectivity index (χ2n) is 4.34. The number of aromatic nitrogens is 3. The molecule has 0 aliphatic heterocycles. The third-order valence-corrected chi connectivity index (χ3v) is 2.99. The molecule has 0 aliphatic rings. The van der Waals surface area contributed by atoms with Crippen molar-refractivity contribution in [1.29, 1.82) is 0 Å². The van der Waals surface area contributed by atoms with Crippen molar-refractivity contribution in [2.24, 2.45) is 0 Å². The minimum atomic E-state index is 0.452. The maximum Gasteiger partial charge on any atom is 0.249 e. The molecule has 0 saturated heterocycles. The van der Waals surface area contributed by atoms with Crippen LogP contribution in [0, 0.1) is 6.92 Å². The molecule has 3 rings (SSSR count). The van der Waals surface area contributed by atoms with Crippen LogP contribution >= 0.6 is 0 Å². The number of aryl methyl sites for hydroxylation is 1. The zero-order chi connectivity index (χ0) is 13.9. The molecule has 0 spiro atoms. The van der Waals surface area contributed by atoms with Crippen LogP contribution in [-0.2, 0) is 0 Å². The first-order valence-corrected chi connectivity index (χ1v) is 6.17. The monoisotopic (exact) mass is 267 g/mol. The van der Waals surface area contributed by atoms with Crippen LogP contribution in [0.15, 0.2) is 47.1 Å². The highest BCUT2D eigenvalue weighted by atomic mass is 16.5. The molecule has 0 unspecified atom stereocenters. The Labute approximate surface area is 116 Å². The Kier molecular flexibility index (Phi) is 3.16. The fourth-order valence-corrected chi connectivity index (χ4v) is 1.90. The molecule has 0 aliphatic carbocycles. The van der Waals surface area contributed by atoms with Gasteiger partial charge in [0.15, 0.2) is 0 Å². The van der Waals surface area contributed by atoms with E-state index in [1.54, 1.807) is 19.5 Å². The van der Waals surface area contributed by atoms with E-state index in [1.807, 2.05) is 37.3 Å². The number of benzene rings is 1. The maximum atomic E-state index is 5.68. The Morgan fingerprint density at radius 3 is 2.55 bits per heavy atom. The van der Waals surface area contributed by atoms with E-state index in [4.69, 9.17) is 9.15 Å². The summed E-state index contributed by atoms with van der Waals surface area (Å²) in [4.78, 5) is 4.03. The molecule has 2 aromatic heterocycles. The minimum absolute atomic E-state index is 0.452. The first kappa shape index (κ1) is 12.3. The van der Waals surface area contributed by atoms with Crippen LogP contribution in [0.3, 0.4) is 0 Å². The van der Waals surface area contributed by atoms with Crippen molar-refractivity contribution in [3.05, 3.63) is 48.3 Å². The Bertz CT molecular complexity index is 723. The van der Waals surface area contributed by atoms with E-state index in [2.05, 4.69) is 15.2 Å². The molecular weight excluding hydrogens is 254 g/mol. The van der Waals surface area contributed by atoms with Crippen LogP contribution in [0.25, 0.3) is 22.9 Å². The average molecular weight is 267 g/mol. The predicted octanol–water partition coefficient (Wildman–Crippen LogP) is 3.12. The molecule has 2 heterocycles. The molecule has 5 nitrogen and oxygen atoms in total. The van der Waals surface area contributed by atoms with Gasteiger partial charge in [0.1, 0.15) is 5.75 Å². The lowest BCUT2D eigenvalue weighted by atomic mass is 10.1. The molecule has 0 bridgehead atoms. The van der Waals surface area contributed by atoms with Gasteiger partial charge in [-0.25, -0.2) is 0 Å². The quantitative estimate of drug-likeness (QED) is 0.729. The lowest BCUT2D eigenvalue weighted by Gasteiger charge is -2.04. The van der Waals surface area contributed by atoms with Crippen molar-refractivity contribution in [3.63, 3.8) is 0 Å². The fraction of sp³-hybridized carbons (Fsp3) is 0.133. The zero-order valence-corrected chi connectivity index (χ0v) is 11.2. The summed E-state index contributed by atoms with van der Waals surface area (Å²) in [6.45, 7) is 1.98. The number of hydrogen-bond donors (Lipinski definition) is 0. The number of nitrogens with zero attached hydrogens (tertiary/aromatic N) is 3. The van der Waals surface area contributed by atoms with Crippen LogP contribution in [0.1, 0.15) is 5.56 Å². The van der Waals surface area contributed by atoms with Crippen LogP contribution in [0.2, 0.25) is 0 Å². The van der Waals surface area contributed by atoms with Gasteiger partial charge in [0.05, 0.1) is 12.7 Å². The van der Waals surface area contributed by atoms with Gasteiger partial charge in [0.2, 0.25) is 11.8 Å². The van der Waals surface area contributed by atoms with Crippen molar-refractivity contribution in [3.8, 4) is 28.7 Å². The minimum Gasteiger partial charge on any atom is -0.496 e. The van der Waals surface area contributed by atoms with E-state index in [0.29, 0.717) is 11.8 Å². The van der Waals surface area contributed by atoms with Gasteiger partial charge in [-0.2, -0.15) is 0 Å². The highest BCUT2D eigenvalue weighted by molar-refractivity contribution is 5.60. The van der Waals surface area contributed by atoms with E-state index in [1.165, 1.54) is 0 Å². The summed E-state index contributed by atoms with van der Waals surface area (Å²) in [7, 11) is 1.64. The van der Waals surface area contributed by atoms with Gasteiger partial charge < -0.3 is 9.15 Å². The van der Waals surface area contributed by atoms with E-state index in [-0.39, 0.29) is 0 Å². The lowest BCUT2D eigenvalue weighted by Crippen LogP contribution is -1.88. The van der Waals surface area contributed by atoms with Crippen LogP contribution in [0.4, 0.5) is 0 Å². The topological polar surface area (TPSA) is 61.0 Å². The van der Waals surface area contributed by atoms with Gasteiger partial charge in [-0.15, -0.1) is 10.2 Å². The van der Waals surface area contributed by atoms with Gasteiger partial charge in [-0.3, -0.25) is 4.98 Å². The fourth-order valence-electron chi connectivity index (χ4n) is 1.90. The Balaban J connectivity index is 1.98. The number of ether oxygens (including phenoxy) is 1. The van der Waals surface area contributed by atoms with Crippen molar-refractivity contribution < 1.29 is 9.15 Å². The molecule has 20 heavy (non-hydrogen) atoms. The SMILES string of the molecule is COc1cc(-c2nnc(-c3cccnc3)o2)ccc1C. The summed E-state index contributed by atoms with van der Waals surface area (Å²) < 4.78 is 11.0. The molecule has 3 aromatic rings. The molecule has 0 amide bonds. The molecule has 0 saturated carbocycles. The van der Waals surface area contributed by atoms with Crippen LogP contribution < -0.4 is 4.74 Å². The van der Waals surface area contributed by atoms with Crippen molar-refractivity contribution >= 4 is 0 Å². The smallest absolute Gasteiger partial charge is 0.249 e. The number of rotatable bonds is 3. The summed E-state index contributed by atoms with van der Waals surface area (Å²) in [5.74, 6) is 1.71. The van der Waals surface area contributed by atoms with Crippen molar-refractivity contribution in [2.45, 2.75) is 6.92 Å². The zero-order valence-electron chi connectivity index (χ0n) is 11.2. The third-order valence-electron chi connectivity index (χ3n) is 2.99. The number of methoxy groups -OCH3 is 1. The van der Waals surface area contributed by atoms with Gasteiger partial charge in [-0.05, 0) is 36.8 Å². The summed E-state index contributed by atoms with van der Waals surface area (Å²) in [6.07, 6.45) is 3.39. The second kappa shape index (κ2) is 5.13. The number of hydrogen-bond acceptors (Lipinski definition) is 5.